The van der Waals surface area contributed by atoms with E-state index in [0.717, 1.165) is 24.2 Å². The Morgan fingerprint density at radius 1 is 1.15 bits per heavy atom. The molecule has 1 aliphatic heterocycles. The van der Waals surface area contributed by atoms with Gasteiger partial charge in [0.1, 0.15) is 11.5 Å². The van der Waals surface area contributed by atoms with Crippen LogP contribution in [0.15, 0.2) is 36.4 Å². The summed E-state index contributed by atoms with van der Waals surface area (Å²) in [6.07, 6.45) is 0.927. The summed E-state index contributed by atoms with van der Waals surface area (Å²) in [7, 11) is 0. The molecule has 0 saturated heterocycles. The lowest BCUT2D eigenvalue weighted by Gasteiger charge is -2.09. The molecular formula is C15H14N2O3. The van der Waals surface area contributed by atoms with Gasteiger partial charge in [-0.3, -0.25) is 4.79 Å². The van der Waals surface area contributed by atoms with Crippen LogP contribution in [-0.4, -0.2) is 22.7 Å². The van der Waals surface area contributed by atoms with E-state index in [1.165, 1.54) is 18.2 Å². The third-order valence-corrected chi connectivity index (χ3v) is 3.30. The third-order valence-electron chi connectivity index (χ3n) is 3.30. The van der Waals surface area contributed by atoms with Crippen molar-refractivity contribution in [3.8, 4) is 11.5 Å². The van der Waals surface area contributed by atoms with Gasteiger partial charge in [0.25, 0.3) is 5.91 Å². The first kappa shape index (κ1) is 12.3. The Morgan fingerprint density at radius 2 is 2.00 bits per heavy atom. The molecule has 0 saturated carbocycles. The van der Waals surface area contributed by atoms with Gasteiger partial charge in [0.2, 0.25) is 0 Å². The number of phenolic OH excluding ortho intramolecular Hbond substituents is 2. The van der Waals surface area contributed by atoms with Gasteiger partial charge in [-0.1, -0.05) is 0 Å². The van der Waals surface area contributed by atoms with E-state index < -0.39 is 5.91 Å². The molecule has 5 heteroatoms. The van der Waals surface area contributed by atoms with E-state index in [1.54, 1.807) is 6.07 Å². The zero-order chi connectivity index (χ0) is 14.1. The van der Waals surface area contributed by atoms with Crippen molar-refractivity contribution in [1.82, 2.24) is 0 Å². The number of fused-ring (bicyclic) bond motifs is 1. The van der Waals surface area contributed by atoms with Crippen LogP contribution in [-0.2, 0) is 6.42 Å². The molecule has 0 unspecified atom stereocenters. The highest BCUT2D eigenvalue weighted by Gasteiger charge is 2.14. The van der Waals surface area contributed by atoms with Crippen LogP contribution < -0.4 is 10.6 Å². The highest BCUT2D eigenvalue weighted by Crippen LogP contribution is 2.27. The molecule has 0 fully saturated rings. The van der Waals surface area contributed by atoms with Crippen molar-refractivity contribution >= 4 is 17.3 Å². The topological polar surface area (TPSA) is 81.6 Å². The second kappa shape index (κ2) is 4.77. The Balaban J connectivity index is 1.84. The molecule has 1 aliphatic rings. The van der Waals surface area contributed by atoms with Gasteiger partial charge in [-0.2, -0.15) is 0 Å². The Labute approximate surface area is 115 Å². The van der Waals surface area contributed by atoms with E-state index in [4.69, 9.17) is 0 Å². The Bertz CT molecular complexity index is 683. The van der Waals surface area contributed by atoms with Crippen LogP contribution in [0.4, 0.5) is 11.4 Å². The normalized spacial score (nSPS) is 12.6. The predicted octanol–water partition coefficient (Wildman–Crippen LogP) is 2.32. The third kappa shape index (κ3) is 2.25. The van der Waals surface area contributed by atoms with E-state index in [0.29, 0.717) is 5.69 Å². The maximum atomic E-state index is 12.1. The number of carbonyl (C=O) groups is 1. The van der Waals surface area contributed by atoms with Crippen LogP contribution in [0.1, 0.15) is 15.9 Å². The number of aromatic hydroxyl groups is 2. The number of carbonyl (C=O) groups excluding carboxylic acids is 1. The highest BCUT2D eigenvalue weighted by atomic mass is 16.3. The summed E-state index contributed by atoms with van der Waals surface area (Å²) in [5.74, 6) is -0.682. The van der Waals surface area contributed by atoms with E-state index in [-0.39, 0.29) is 17.1 Å². The Morgan fingerprint density at radius 3 is 2.85 bits per heavy atom. The van der Waals surface area contributed by atoms with E-state index in [9.17, 15) is 15.0 Å². The molecular weight excluding hydrogens is 256 g/mol. The molecule has 4 N–H and O–H groups in total. The SMILES string of the molecule is O=C(Nc1ccc2c(c1)CCN2)c1cc(O)ccc1O. The van der Waals surface area contributed by atoms with Gasteiger partial charge in [0, 0.05) is 17.9 Å². The summed E-state index contributed by atoms with van der Waals surface area (Å²) >= 11 is 0. The molecule has 2 aromatic rings. The molecule has 3 rings (SSSR count). The average Bonchev–Trinajstić information content (AvgIpc) is 2.89. The van der Waals surface area contributed by atoms with Gasteiger partial charge in [0.15, 0.2) is 0 Å². The maximum absolute atomic E-state index is 12.1. The lowest BCUT2D eigenvalue weighted by Crippen LogP contribution is -2.12. The molecule has 2 aromatic carbocycles. The smallest absolute Gasteiger partial charge is 0.259 e. The van der Waals surface area contributed by atoms with Crippen molar-refractivity contribution in [2.24, 2.45) is 0 Å². The number of nitrogens with one attached hydrogen (secondary N) is 2. The van der Waals surface area contributed by atoms with Crippen LogP contribution in [0.5, 0.6) is 11.5 Å². The van der Waals surface area contributed by atoms with Gasteiger partial charge >= 0.3 is 0 Å². The summed E-state index contributed by atoms with van der Waals surface area (Å²) in [6.45, 7) is 0.903. The van der Waals surface area contributed by atoms with Gasteiger partial charge in [-0.15, -0.1) is 0 Å². The standard InChI is InChI=1S/C15H14N2O3/c18-11-2-4-14(19)12(8-11)15(20)17-10-1-3-13-9(7-10)5-6-16-13/h1-4,7-8,16,18-19H,5-6H2,(H,17,20). The monoisotopic (exact) mass is 270 g/mol. The quantitative estimate of drug-likeness (QED) is 0.631. The molecule has 5 nitrogen and oxygen atoms in total. The second-order valence-corrected chi connectivity index (χ2v) is 4.70. The summed E-state index contributed by atoms with van der Waals surface area (Å²) in [5, 5.41) is 25.0. The first-order valence-electron chi connectivity index (χ1n) is 6.33. The van der Waals surface area contributed by atoms with Crippen LogP contribution in [0, 0.1) is 0 Å². The molecule has 102 valence electrons. The maximum Gasteiger partial charge on any atom is 0.259 e. The number of hydrogen-bond acceptors (Lipinski definition) is 4. The van der Waals surface area contributed by atoms with Crippen molar-refractivity contribution in [2.45, 2.75) is 6.42 Å². The second-order valence-electron chi connectivity index (χ2n) is 4.70. The number of rotatable bonds is 2. The summed E-state index contributed by atoms with van der Waals surface area (Å²) in [6, 6.07) is 9.48. The molecule has 0 aromatic heterocycles. The molecule has 0 atom stereocenters. The zero-order valence-corrected chi connectivity index (χ0v) is 10.7. The van der Waals surface area contributed by atoms with Gasteiger partial charge in [-0.05, 0) is 48.4 Å². The van der Waals surface area contributed by atoms with Gasteiger partial charge in [-0.25, -0.2) is 0 Å². The molecule has 20 heavy (non-hydrogen) atoms. The minimum atomic E-state index is -0.454. The summed E-state index contributed by atoms with van der Waals surface area (Å²) < 4.78 is 0. The van der Waals surface area contributed by atoms with Gasteiger partial charge < -0.3 is 20.8 Å². The fourth-order valence-corrected chi connectivity index (χ4v) is 2.29. The highest BCUT2D eigenvalue weighted by molar-refractivity contribution is 6.06. The minimum absolute atomic E-state index is 0.0450. The van der Waals surface area contributed by atoms with Crippen molar-refractivity contribution in [2.75, 3.05) is 17.2 Å². The Kier molecular flexibility index (Phi) is 2.95. The van der Waals surface area contributed by atoms with Crippen molar-refractivity contribution in [3.63, 3.8) is 0 Å². The molecule has 0 aliphatic carbocycles. The van der Waals surface area contributed by atoms with Crippen LogP contribution in [0.25, 0.3) is 0 Å². The van der Waals surface area contributed by atoms with Crippen molar-refractivity contribution < 1.29 is 15.0 Å². The number of phenols is 2. The summed E-state index contributed by atoms with van der Waals surface area (Å²) in [5.41, 5.74) is 2.95. The molecule has 0 bridgehead atoms. The molecule has 0 radical (unpaired) electrons. The predicted molar refractivity (Wildman–Crippen MR) is 76.4 cm³/mol. The van der Waals surface area contributed by atoms with Gasteiger partial charge in [0.05, 0.1) is 5.56 Å². The lowest BCUT2D eigenvalue weighted by molar-refractivity contribution is 0.102. The van der Waals surface area contributed by atoms with Crippen LogP contribution in [0.3, 0.4) is 0 Å². The largest absolute Gasteiger partial charge is 0.508 e. The fraction of sp³-hybridized carbons (Fsp3) is 0.133. The van der Waals surface area contributed by atoms with E-state index in [2.05, 4.69) is 10.6 Å². The number of benzene rings is 2. The lowest BCUT2D eigenvalue weighted by atomic mass is 10.1. The molecule has 1 heterocycles. The van der Waals surface area contributed by atoms with Crippen LogP contribution >= 0.6 is 0 Å². The van der Waals surface area contributed by atoms with E-state index in [1.807, 2.05) is 12.1 Å². The number of anilines is 2. The van der Waals surface area contributed by atoms with Crippen molar-refractivity contribution in [1.29, 1.82) is 0 Å². The Hall–Kier alpha value is -2.69. The fourth-order valence-electron chi connectivity index (χ4n) is 2.29. The minimum Gasteiger partial charge on any atom is -0.508 e. The van der Waals surface area contributed by atoms with Crippen LogP contribution in [0.2, 0.25) is 0 Å². The van der Waals surface area contributed by atoms with E-state index >= 15 is 0 Å². The zero-order valence-electron chi connectivity index (χ0n) is 10.7. The first-order chi connectivity index (χ1) is 9.63. The average molecular weight is 270 g/mol. The first-order valence-corrected chi connectivity index (χ1v) is 6.33. The molecule has 0 spiro atoms. The number of amides is 1. The summed E-state index contributed by atoms with van der Waals surface area (Å²) in [4.78, 5) is 12.1. The number of hydrogen-bond donors (Lipinski definition) is 4. The van der Waals surface area contributed by atoms with Crippen molar-refractivity contribution in [3.05, 3.63) is 47.5 Å². The molecule has 1 amide bonds.